The van der Waals surface area contributed by atoms with Crippen molar-refractivity contribution in [2.45, 2.75) is 31.8 Å². The third kappa shape index (κ3) is 4.10. The summed E-state index contributed by atoms with van der Waals surface area (Å²) in [6.45, 7) is 1.21. The summed E-state index contributed by atoms with van der Waals surface area (Å²) in [4.78, 5) is 35.0. The summed E-state index contributed by atoms with van der Waals surface area (Å²) in [5, 5.41) is -0.147. The second-order valence-electron chi connectivity index (χ2n) is 6.60. The first kappa shape index (κ1) is 20.2. The van der Waals surface area contributed by atoms with E-state index in [2.05, 4.69) is 15.0 Å². The summed E-state index contributed by atoms with van der Waals surface area (Å²) in [5.74, 6) is -1.01. The van der Waals surface area contributed by atoms with Gasteiger partial charge in [-0.3, -0.25) is 9.36 Å². The molecular formula is C19H16ClFN4O5. The van der Waals surface area contributed by atoms with Gasteiger partial charge in [0, 0.05) is 13.3 Å². The number of nitrogens with zero attached hydrogens (tertiary/aromatic N) is 4. The minimum atomic E-state index is -1.02. The van der Waals surface area contributed by atoms with Crippen molar-refractivity contribution >= 4 is 34.7 Å². The number of fused-ring (bicyclic) bond motifs is 1. The standard InChI is InChI=1S/C19H16ClFN4O5/c1-10(26)29-13-7-12(8-28-18(27)11-5-3-2-4-6-11)30-17(13)25-9-22-14-15(20)23-19(21)24-16(14)25/h2-6,9,12-13,17H,7-8H2,1H3. The van der Waals surface area contributed by atoms with E-state index in [0.717, 1.165) is 0 Å². The first-order valence-corrected chi connectivity index (χ1v) is 9.40. The van der Waals surface area contributed by atoms with Crippen LogP contribution >= 0.6 is 11.6 Å². The summed E-state index contributed by atoms with van der Waals surface area (Å²) >= 11 is 5.92. The Morgan fingerprint density at radius 1 is 1.30 bits per heavy atom. The molecule has 0 radical (unpaired) electrons. The van der Waals surface area contributed by atoms with Crippen molar-refractivity contribution in [3.8, 4) is 0 Å². The van der Waals surface area contributed by atoms with Crippen LogP contribution in [-0.2, 0) is 19.0 Å². The van der Waals surface area contributed by atoms with E-state index >= 15 is 0 Å². The van der Waals surface area contributed by atoms with Crippen LogP contribution in [0.3, 0.4) is 0 Å². The molecule has 3 heterocycles. The zero-order valence-electron chi connectivity index (χ0n) is 15.7. The molecule has 0 aliphatic carbocycles. The molecule has 3 atom stereocenters. The molecule has 11 heteroatoms. The minimum Gasteiger partial charge on any atom is -0.459 e. The Labute approximate surface area is 174 Å². The molecule has 1 saturated heterocycles. The summed E-state index contributed by atoms with van der Waals surface area (Å²) < 4.78 is 31.7. The van der Waals surface area contributed by atoms with E-state index in [9.17, 15) is 14.0 Å². The SMILES string of the molecule is CC(=O)OC1CC(COC(=O)c2ccccc2)OC1n1cnc2c(Cl)nc(F)nc21. The Kier molecular flexibility index (Phi) is 5.60. The molecule has 0 spiro atoms. The van der Waals surface area contributed by atoms with Gasteiger partial charge in [-0.25, -0.2) is 9.78 Å². The maximum Gasteiger partial charge on any atom is 0.338 e. The largest absolute Gasteiger partial charge is 0.459 e. The molecule has 0 bridgehead atoms. The molecule has 9 nitrogen and oxygen atoms in total. The van der Waals surface area contributed by atoms with E-state index in [1.54, 1.807) is 30.3 Å². The number of ether oxygens (including phenoxy) is 3. The molecule has 0 N–H and O–H groups in total. The summed E-state index contributed by atoms with van der Waals surface area (Å²) in [6.07, 6.45) is -1.56. The van der Waals surface area contributed by atoms with Gasteiger partial charge in [0.2, 0.25) is 0 Å². The summed E-state index contributed by atoms with van der Waals surface area (Å²) in [5.41, 5.74) is 0.685. The van der Waals surface area contributed by atoms with Crippen LogP contribution < -0.4 is 0 Å². The number of hydrogen-bond acceptors (Lipinski definition) is 8. The number of carbonyl (C=O) groups excluding carboxylic acids is 2. The minimum absolute atomic E-state index is 0.0568. The number of esters is 2. The van der Waals surface area contributed by atoms with Crippen molar-refractivity contribution in [2.75, 3.05) is 6.61 Å². The molecule has 1 fully saturated rings. The Hall–Kier alpha value is -3.11. The molecular weight excluding hydrogens is 419 g/mol. The highest BCUT2D eigenvalue weighted by molar-refractivity contribution is 6.33. The number of carbonyl (C=O) groups is 2. The predicted molar refractivity (Wildman–Crippen MR) is 101 cm³/mol. The zero-order chi connectivity index (χ0) is 21.3. The highest BCUT2D eigenvalue weighted by Crippen LogP contribution is 2.34. The summed E-state index contributed by atoms with van der Waals surface area (Å²) in [6, 6.07) is 8.52. The van der Waals surface area contributed by atoms with Gasteiger partial charge in [0.25, 0.3) is 0 Å². The monoisotopic (exact) mass is 434 g/mol. The quantitative estimate of drug-likeness (QED) is 0.343. The molecule has 0 saturated carbocycles. The van der Waals surface area contributed by atoms with Crippen LogP contribution in [0.5, 0.6) is 0 Å². The number of imidazole rings is 1. The molecule has 3 unspecified atom stereocenters. The molecule has 3 aromatic rings. The van der Waals surface area contributed by atoms with Crippen LogP contribution in [0.25, 0.3) is 11.2 Å². The Balaban J connectivity index is 1.54. The lowest BCUT2D eigenvalue weighted by Crippen LogP contribution is -2.24. The van der Waals surface area contributed by atoms with Gasteiger partial charge in [-0.2, -0.15) is 14.4 Å². The molecule has 30 heavy (non-hydrogen) atoms. The highest BCUT2D eigenvalue weighted by Gasteiger charge is 2.40. The second kappa shape index (κ2) is 8.33. The number of aromatic nitrogens is 4. The van der Waals surface area contributed by atoms with Gasteiger partial charge in [0.15, 0.2) is 17.0 Å². The van der Waals surface area contributed by atoms with E-state index in [0.29, 0.717) is 5.56 Å². The van der Waals surface area contributed by atoms with Crippen molar-refractivity contribution in [1.29, 1.82) is 0 Å². The lowest BCUT2D eigenvalue weighted by molar-refractivity contribution is -0.152. The zero-order valence-corrected chi connectivity index (χ0v) is 16.5. The molecule has 4 rings (SSSR count). The van der Waals surface area contributed by atoms with Crippen LogP contribution in [0, 0.1) is 6.08 Å². The van der Waals surface area contributed by atoms with Crippen LogP contribution in [0.2, 0.25) is 5.15 Å². The number of benzene rings is 1. The highest BCUT2D eigenvalue weighted by atomic mass is 35.5. The van der Waals surface area contributed by atoms with Crippen molar-refractivity contribution in [3.05, 3.63) is 53.5 Å². The Morgan fingerprint density at radius 3 is 2.80 bits per heavy atom. The van der Waals surface area contributed by atoms with Crippen molar-refractivity contribution in [3.63, 3.8) is 0 Å². The van der Waals surface area contributed by atoms with Crippen molar-refractivity contribution < 1.29 is 28.2 Å². The molecule has 1 aliphatic heterocycles. The van der Waals surface area contributed by atoms with E-state index < -0.39 is 36.5 Å². The van der Waals surface area contributed by atoms with E-state index in [4.69, 9.17) is 25.8 Å². The van der Waals surface area contributed by atoms with Crippen molar-refractivity contribution in [2.24, 2.45) is 0 Å². The second-order valence-corrected chi connectivity index (χ2v) is 6.96. The Bertz CT molecular complexity index is 1090. The average molecular weight is 435 g/mol. The molecule has 2 aromatic heterocycles. The molecule has 1 aromatic carbocycles. The van der Waals surface area contributed by atoms with Gasteiger partial charge in [-0.15, -0.1) is 0 Å². The topological polar surface area (TPSA) is 105 Å². The molecule has 156 valence electrons. The lowest BCUT2D eigenvalue weighted by Gasteiger charge is -2.19. The normalized spacial score (nSPS) is 21.0. The van der Waals surface area contributed by atoms with Gasteiger partial charge < -0.3 is 14.2 Å². The lowest BCUT2D eigenvalue weighted by atomic mass is 10.2. The smallest absolute Gasteiger partial charge is 0.338 e. The maximum atomic E-state index is 13.7. The van der Waals surface area contributed by atoms with Crippen molar-refractivity contribution in [1.82, 2.24) is 19.5 Å². The molecule has 1 aliphatic rings. The first-order valence-electron chi connectivity index (χ1n) is 9.03. The third-order valence-electron chi connectivity index (χ3n) is 4.50. The number of halogens is 2. The van der Waals surface area contributed by atoms with Gasteiger partial charge >= 0.3 is 18.0 Å². The predicted octanol–water partition coefficient (Wildman–Crippen LogP) is 2.70. The van der Waals surface area contributed by atoms with Crippen LogP contribution in [0.4, 0.5) is 4.39 Å². The van der Waals surface area contributed by atoms with Gasteiger partial charge in [-0.1, -0.05) is 29.8 Å². The first-order chi connectivity index (χ1) is 14.4. The van der Waals surface area contributed by atoms with Gasteiger partial charge in [0.1, 0.15) is 18.2 Å². The summed E-state index contributed by atoms with van der Waals surface area (Å²) in [7, 11) is 0. The van der Waals surface area contributed by atoms with E-state index in [1.165, 1.54) is 17.8 Å². The maximum absolute atomic E-state index is 13.7. The molecule has 0 amide bonds. The fourth-order valence-electron chi connectivity index (χ4n) is 3.26. The van der Waals surface area contributed by atoms with Gasteiger partial charge in [0.05, 0.1) is 18.0 Å². The van der Waals surface area contributed by atoms with Crippen LogP contribution in [0.1, 0.15) is 29.9 Å². The van der Waals surface area contributed by atoms with E-state index in [1.807, 2.05) is 0 Å². The fourth-order valence-corrected chi connectivity index (χ4v) is 3.46. The van der Waals surface area contributed by atoms with Crippen LogP contribution in [-0.4, -0.2) is 50.3 Å². The van der Waals surface area contributed by atoms with E-state index in [-0.39, 0.29) is 29.3 Å². The van der Waals surface area contributed by atoms with Gasteiger partial charge in [-0.05, 0) is 12.1 Å². The third-order valence-corrected chi connectivity index (χ3v) is 4.76. The van der Waals surface area contributed by atoms with Crippen LogP contribution in [0.15, 0.2) is 36.7 Å². The average Bonchev–Trinajstić information content (AvgIpc) is 3.30. The fraction of sp³-hybridized carbons (Fsp3) is 0.316. The Morgan fingerprint density at radius 2 is 2.07 bits per heavy atom. The number of rotatable bonds is 5. The number of hydrogen-bond donors (Lipinski definition) is 0.